The Kier molecular flexibility index (Phi) is 5.01. The maximum Gasteiger partial charge on any atom is 0.347 e. The molecule has 1 fully saturated rings. The fourth-order valence-electron chi connectivity index (χ4n) is 2.54. The Balaban J connectivity index is 2.09. The quantitative estimate of drug-likeness (QED) is 0.924. The van der Waals surface area contributed by atoms with E-state index in [0.717, 1.165) is 44.3 Å². The lowest BCUT2D eigenvalue weighted by molar-refractivity contribution is 0.0699. The van der Waals surface area contributed by atoms with Crippen LogP contribution in [0.3, 0.4) is 0 Å². The smallest absolute Gasteiger partial charge is 0.347 e. The Morgan fingerprint density at radius 2 is 1.81 bits per heavy atom. The lowest BCUT2D eigenvalue weighted by Gasteiger charge is -2.33. The maximum absolute atomic E-state index is 11.4. The molecule has 0 bridgehead atoms. The van der Waals surface area contributed by atoms with Crippen molar-refractivity contribution in [2.24, 2.45) is 0 Å². The molecule has 21 heavy (non-hydrogen) atoms. The highest BCUT2D eigenvalue weighted by Crippen LogP contribution is 2.30. The third-order valence-corrected chi connectivity index (χ3v) is 4.88. The molecule has 0 amide bonds. The predicted octanol–water partition coefficient (Wildman–Crippen LogP) is 2.28. The average Bonchev–Trinajstić information content (AvgIpc) is 2.84. The number of rotatable bonds is 4. The van der Waals surface area contributed by atoms with E-state index in [4.69, 9.17) is 0 Å². The third-order valence-electron chi connectivity index (χ3n) is 3.85. The van der Waals surface area contributed by atoms with Gasteiger partial charge in [-0.1, -0.05) is 27.7 Å². The van der Waals surface area contributed by atoms with Gasteiger partial charge in [0.25, 0.3) is 0 Å². The van der Waals surface area contributed by atoms with Crippen molar-refractivity contribution in [3.05, 3.63) is 15.6 Å². The third kappa shape index (κ3) is 4.02. The summed E-state index contributed by atoms with van der Waals surface area (Å²) < 4.78 is 0. The first-order valence-corrected chi connectivity index (χ1v) is 8.31. The molecule has 0 atom stereocenters. The molecule has 0 aromatic carbocycles. The molecule has 0 aliphatic carbocycles. The van der Waals surface area contributed by atoms with Crippen LogP contribution in [0.15, 0.2) is 0 Å². The fraction of sp³-hybridized carbons (Fsp3) is 0.733. The molecule has 0 radical (unpaired) electrons. The largest absolute Gasteiger partial charge is 0.477 e. The number of nitrogens with zero attached hydrogens (tertiary/aromatic N) is 3. The van der Waals surface area contributed by atoms with E-state index < -0.39 is 5.97 Å². The standard InChI is InChI=1S/C15H25N3O2S/c1-5-17-6-8-18(9-7-17)10-11-16-13(15(2,3)4)12(21-11)14(19)20/h5-10H2,1-4H3,(H,19,20). The molecule has 1 aliphatic rings. The summed E-state index contributed by atoms with van der Waals surface area (Å²) in [6.07, 6.45) is 0. The van der Waals surface area contributed by atoms with Crippen LogP contribution in [0.2, 0.25) is 0 Å². The van der Waals surface area contributed by atoms with Gasteiger partial charge in [-0.3, -0.25) is 4.90 Å². The van der Waals surface area contributed by atoms with E-state index in [1.165, 1.54) is 11.3 Å². The van der Waals surface area contributed by atoms with Crippen LogP contribution in [0.1, 0.15) is 48.1 Å². The van der Waals surface area contributed by atoms with Gasteiger partial charge in [0.15, 0.2) is 0 Å². The van der Waals surface area contributed by atoms with Gasteiger partial charge in [0, 0.05) is 31.6 Å². The van der Waals surface area contributed by atoms with Crippen molar-refractivity contribution >= 4 is 17.3 Å². The number of carbonyl (C=O) groups is 1. The minimum atomic E-state index is -0.862. The van der Waals surface area contributed by atoms with E-state index in [1.54, 1.807) is 0 Å². The van der Waals surface area contributed by atoms with Crippen LogP contribution in [0.5, 0.6) is 0 Å². The number of piperazine rings is 1. The molecular formula is C15H25N3O2S. The van der Waals surface area contributed by atoms with Crippen molar-refractivity contribution in [2.45, 2.75) is 39.7 Å². The van der Waals surface area contributed by atoms with E-state index in [9.17, 15) is 9.90 Å². The number of likely N-dealkylation sites (N-methyl/N-ethyl adjacent to an activating group) is 1. The Morgan fingerprint density at radius 1 is 1.24 bits per heavy atom. The van der Waals surface area contributed by atoms with Crippen molar-refractivity contribution in [1.29, 1.82) is 0 Å². The van der Waals surface area contributed by atoms with Crippen molar-refractivity contribution in [3.8, 4) is 0 Å². The Labute approximate surface area is 130 Å². The second-order valence-electron chi connectivity index (χ2n) is 6.55. The molecule has 2 rings (SSSR count). The summed E-state index contributed by atoms with van der Waals surface area (Å²) in [4.78, 5) is 21.2. The molecule has 6 heteroatoms. The molecule has 1 aromatic rings. The minimum Gasteiger partial charge on any atom is -0.477 e. The number of carboxylic acids is 1. The number of hydrogen-bond acceptors (Lipinski definition) is 5. The molecule has 1 aliphatic heterocycles. The number of carboxylic acid groups (broad SMARTS) is 1. The fourth-order valence-corrected chi connectivity index (χ4v) is 3.70. The molecule has 1 N–H and O–H groups in total. The molecule has 0 unspecified atom stereocenters. The zero-order valence-electron chi connectivity index (χ0n) is 13.3. The van der Waals surface area contributed by atoms with Gasteiger partial charge in [-0.15, -0.1) is 11.3 Å². The molecule has 0 saturated carbocycles. The van der Waals surface area contributed by atoms with Gasteiger partial charge < -0.3 is 10.0 Å². The highest BCUT2D eigenvalue weighted by molar-refractivity contribution is 7.13. The second-order valence-corrected chi connectivity index (χ2v) is 7.63. The van der Waals surface area contributed by atoms with Crippen molar-refractivity contribution < 1.29 is 9.90 Å². The number of hydrogen-bond donors (Lipinski definition) is 1. The summed E-state index contributed by atoms with van der Waals surface area (Å²) >= 11 is 1.33. The normalized spacial score (nSPS) is 18.1. The van der Waals surface area contributed by atoms with Crippen LogP contribution >= 0.6 is 11.3 Å². The summed E-state index contributed by atoms with van der Waals surface area (Å²) in [6.45, 7) is 14.3. The van der Waals surface area contributed by atoms with E-state index in [0.29, 0.717) is 10.6 Å². The summed E-state index contributed by atoms with van der Waals surface area (Å²) in [6, 6.07) is 0. The molecule has 1 aromatic heterocycles. The number of aromatic nitrogens is 1. The molecule has 0 spiro atoms. The van der Waals surface area contributed by atoms with E-state index in [2.05, 4.69) is 21.7 Å². The Hall–Kier alpha value is -0.980. The molecular weight excluding hydrogens is 286 g/mol. The minimum absolute atomic E-state index is 0.233. The van der Waals surface area contributed by atoms with Crippen LogP contribution in [-0.4, -0.2) is 58.6 Å². The summed E-state index contributed by atoms with van der Waals surface area (Å²) in [5.74, 6) is -0.862. The first-order chi connectivity index (χ1) is 9.81. The zero-order chi connectivity index (χ0) is 15.6. The Bertz CT molecular complexity index is 500. The topological polar surface area (TPSA) is 56.7 Å². The molecule has 118 valence electrons. The van der Waals surface area contributed by atoms with Gasteiger partial charge in [0.05, 0.1) is 12.2 Å². The van der Waals surface area contributed by atoms with Gasteiger partial charge >= 0.3 is 5.97 Å². The van der Waals surface area contributed by atoms with Crippen molar-refractivity contribution in [2.75, 3.05) is 32.7 Å². The van der Waals surface area contributed by atoms with Gasteiger partial charge in [0.2, 0.25) is 0 Å². The van der Waals surface area contributed by atoms with E-state index >= 15 is 0 Å². The van der Waals surface area contributed by atoms with Gasteiger partial charge in [-0.05, 0) is 6.54 Å². The highest BCUT2D eigenvalue weighted by Gasteiger charge is 2.27. The van der Waals surface area contributed by atoms with Gasteiger partial charge in [-0.25, -0.2) is 9.78 Å². The van der Waals surface area contributed by atoms with Crippen LogP contribution in [0.4, 0.5) is 0 Å². The van der Waals surface area contributed by atoms with Crippen LogP contribution in [0, 0.1) is 0 Å². The average molecular weight is 311 g/mol. The first-order valence-electron chi connectivity index (χ1n) is 7.49. The molecule has 5 nitrogen and oxygen atoms in total. The van der Waals surface area contributed by atoms with Crippen LogP contribution < -0.4 is 0 Å². The highest BCUT2D eigenvalue weighted by atomic mass is 32.1. The molecule has 1 saturated heterocycles. The lowest BCUT2D eigenvalue weighted by Crippen LogP contribution is -2.45. The summed E-state index contributed by atoms with van der Waals surface area (Å²) in [5.41, 5.74) is 0.478. The predicted molar refractivity (Wildman–Crippen MR) is 85.2 cm³/mol. The first kappa shape index (κ1) is 16.4. The summed E-state index contributed by atoms with van der Waals surface area (Å²) in [7, 11) is 0. The second kappa shape index (κ2) is 6.42. The van der Waals surface area contributed by atoms with Crippen molar-refractivity contribution in [3.63, 3.8) is 0 Å². The molecule has 2 heterocycles. The maximum atomic E-state index is 11.4. The van der Waals surface area contributed by atoms with Gasteiger partial charge in [-0.2, -0.15) is 0 Å². The van der Waals surface area contributed by atoms with Crippen LogP contribution in [-0.2, 0) is 12.0 Å². The van der Waals surface area contributed by atoms with E-state index in [-0.39, 0.29) is 5.41 Å². The number of aromatic carboxylic acids is 1. The monoisotopic (exact) mass is 311 g/mol. The van der Waals surface area contributed by atoms with E-state index in [1.807, 2.05) is 20.8 Å². The SMILES string of the molecule is CCN1CCN(Cc2nc(C(C)(C)C)c(C(=O)O)s2)CC1. The van der Waals surface area contributed by atoms with Gasteiger partial charge in [0.1, 0.15) is 9.88 Å². The lowest BCUT2D eigenvalue weighted by atomic mass is 9.91. The van der Waals surface area contributed by atoms with Crippen molar-refractivity contribution in [1.82, 2.24) is 14.8 Å². The zero-order valence-corrected chi connectivity index (χ0v) is 14.2. The summed E-state index contributed by atoms with van der Waals surface area (Å²) in [5, 5.41) is 10.3. The Morgan fingerprint density at radius 3 is 2.24 bits per heavy atom. The van der Waals surface area contributed by atoms with Crippen LogP contribution in [0.25, 0.3) is 0 Å². The number of thiazole rings is 1.